The predicted molar refractivity (Wildman–Crippen MR) is 90.3 cm³/mol. The van der Waals surface area contributed by atoms with Gasteiger partial charge in [0.25, 0.3) is 0 Å². The highest BCUT2D eigenvalue weighted by molar-refractivity contribution is 7.15. The van der Waals surface area contributed by atoms with E-state index in [0.717, 1.165) is 36.4 Å². The van der Waals surface area contributed by atoms with Crippen LogP contribution < -0.4 is 5.32 Å². The Morgan fingerprint density at radius 2 is 2.14 bits per heavy atom. The molecule has 6 heteroatoms. The van der Waals surface area contributed by atoms with Crippen LogP contribution in [-0.2, 0) is 4.79 Å². The van der Waals surface area contributed by atoms with E-state index in [-0.39, 0.29) is 24.0 Å². The molecule has 3 atom stereocenters. The Morgan fingerprint density at radius 1 is 1.45 bits per heavy atom. The standard InChI is InChI=1S/C16H27N3O2S/c1-10-12(3)22-16(17-10)18-15(21)11(2)19(4)9-13-7-5-6-8-14(13)20/h11,13-14,20H,5-9H2,1-4H3,(H,17,18,21). The van der Waals surface area contributed by atoms with E-state index in [9.17, 15) is 9.90 Å². The average Bonchev–Trinajstić information content (AvgIpc) is 2.78. The summed E-state index contributed by atoms with van der Waals surface area (Å²) in [4.78, 5) is 19.9. The molecule has 2 N–H and O–H groups in total. The van der Waals surface area contributed by atoms with Crippen LogP contribution in [0, 0.1) is 19.8 Å². The van der Waals surface area contributed by atoms with Crippen molar-refractivity contribution in [2.24, 2.45) is 5.92 Å². The summed E-state index contributed by atoms with van der Waals surface area (Å²) in [5, 5.41) is 13.6. The normalized spacial score (nSPS) is 23.5. The maximum Gasteiger partial charge on any atom is 0.243 e. The van der Waals surface area contributed by atoms with E-state index in [2.05, 4.69) is 10.3 Å². The lowest BCUT2D eigenvalue weighted by atomic mass is 9.86. The maximum absolute atomic E-state index is 12.3. The number of thiazole rings is 1. The molecule has 0 saturated heterocycles. The van der Waals surface area contributed by atoms with Crippen LogP contribution in [0.4, 0.5) is 5.13 Å². The van der Waals surface area contributed by atoms with E-state index >= 15 is 0 Å². The number of amides is 1. The summed E-state index contributed by atoms with van der Waals surface area (Å²) in [5.41, 5.74) is 0.964. The number of aliphatic hydroxyl groups excluding tert-OH is 1. The quantitative estimate of drug-likeness (QED) is 0.873. The second-order valence-corrected chi connectivity index (χ2v) is 7.58. The summed E-state index contributed by atoms with van der Waals surface area (Å²) in [5.74, 6) is 0.236. The third kappa shape index (κ3) is 4.27. The summed E-state index contributed by atoms with van der Waals surface area (Å²) in [6.45, 7) is 6.60. The fourth-order valence-corrected chi connectivity index (χ4v) is 3.68. The number of carbonyl (C=O) groups excluding carboxylic acids is 1. The summed E-state index contributed by atoms with van der Waals surface area (Å²) in [6, 6.07) is -0.237. The molecule has 0 spiro atoms. The van der Waals surface area contributed by atoms with Crippen LogP contribution in [0.5, 0.6) is 0 Å². The van der Waals surface area contributed by atoms with Crippen molar-refractivity contribution in [1.82, 2.24) is 9.88 Å². The third-order valence-corrected chi connectivity index (χ3v) is 5.68. The second-order valence-electron chi connectivity index (χ2n) is 6.38. The van der Waals surface area contributed by atoms with Crippen molar-refractivity contribution in [3.8, 4) is 0 Å². The van der Waals surface area contributed by atoms with Gasteiger partial charge in [0.1, 0.15) is 0 Å². The lowest BCUT2D eigenvalue weighted by Gasteiger charge is -2.33. The number of anilines is 1. The number of nitrogens with zero attached hydrogens (tertiary/aromatic N) is 2. The highest BCUT2D eigenvalue weighted by Crippen LogP contribution is 2.26. The Hall–Kier alpha value is -0.980. The van der Waals surface area contributed by atoms with Gasteiger partial charge in [-0.25, -0.2) is 4.98 Å². The van der Waals surface area contributed by atoms with Crippen molar-refractivity contribution < 1.29 is 9.90 Å². The molecule has 5 nitrogen and oxygen atoms in total. The smallest absolute Gasteiger partial charge is 0.243 e. The van der Waals surface area contributed by atoms with Crippen LogP contribution in [-0.4, -0.2) is 46.6 Å². The molecule has 1 aliphatic carbocycles. The number of aliphatic hydroxyl groups is 1. The summed E-state index contributed by atoms with van der Waals surface area (Å²) in [6.07, 6.45) is 3.99. The molecule has 0 bridgehead atoms. The molecule has 1 amide bonds. The van der Waals surface area contributed by atoms with E-state index < -0.39 is 0 Å². The van der Waals surface area contributed by atoms with Gasteiger partial charge in [-0.1, -0.05) is 12.8 Å². The zero-order chi connectivity index (χ0) is 16.3. The zero-order valence-electron chi connectivity index (χ0n) is 13.9. The molecule has 0 aliphatic heterocycles. The van der Waals surface area contributed by atoms with Gasteiger partial charge < -0.3 is 10.4 Å². The highest BCUT2D eigenvalue weighted by Gasteiger charge is 2.27. The molecule has 1 heterocycles. The summed E-state index contributed by atoms with van der Waals surface area (Å²) in [7, 11) is 1.95. The third-order valence-electron chi connectivity index (χ3n) is 4.69. The number of carbonyl (C=O) groups is 1. The lowest BCUT2D eigenvalue weighted by molar-refractivity contribution is -0.120. The number of nitrogens with one attached hydrogen (secondary N) is 1. The van der Waals surface area contributed by atoms with Crippen molar-refractivity contribution in [3.05, 3.63) is 10.6 Å². The van der Waals surface area contributed by atoms with Crippen molar-refractivity contribution in [2.45, 2.75) is 58.6 Å². The predicted octanol–water partition coefficient (Wildman–Crippen LogP) is 2.57. The maximum atomic E-state index is 12.3. The Kier molecular flexibility index (Phi) is 5.94. The van der Waals surface area contributed by atoms with E-state index in [1.54, 1.807) is 0 Å². The molecular weight excluding hydrogens is 298 g/mol. The van der Waals surface area contributed by atoms with Crippen LogP contribution >= 0.6 is 11.3 Å². The fraction of sp³-hybridized carbons (Fsp3) is 0.750. The number of hydrogen-bond acceptors (Lipinski definition) is 5. The van der Waals surface area contributed by atoms with Gasteiger partial charge in [-0.2, -0.15) is 0 Å². The molecule has 2 rings (SSSR count). The number of hydrogen-bond donors (Lipinski definition) is 2. The van der Waals surface area contributed by atoms with Gasteiger partial charge in [0.2, 0.25) is 5.91 Å². The minimum absolute atomic E-state index is 0.0402. The molecule has 0 aromatic carbocycles. The van der Waals surface area contributed by atoms with Crippen molar-refractivity contribution in [1.29, 1.82) is 0 Å². The second kappa shape index (κ2) is 7.53. The van der Waals surface area contributed by atoms with Crippen LogP contribution in [0.2, 0.25) is 0 Å². The lowest BCUT2D eigenvalue weighted by Crippen LogP contribution is -2.44. The fourth-order valence-electron chi connectivity index (χ4n) is 2.87. The van der Waals surface area contributed by atoms with Gasteiger partial charge in [0, 0.05) is 11.4 Å². The number of likely N-dealkylation sites (N-methyl/N-ethyl adjacent to an activating group) is 1. The molecule has 124 valence electrons. The molecule has 3 unspecified atom stereocenters. The zero-order valence-corrected chi connectivity index (χ0v) is 14.7. The molecule has 1 aromatic heterocycles. The molecule has 1 fully saturated rings. The van der Waals surface area contributed by atoms with Gasteiger partial charge in [0.15, 0.2) is 5.13 Å². The molecule has 1 saturated carbocycles. The van der Waals surface area contributed by atoms with Crippen LogP contribution in [0.1, 0.15) is 43.2 Å². The van der Waals surface area contributed by atoms with Crippen molar-refractivity contribution >= 4 is 22.4 Å². The van der Waals surface area contributed by atoms with Gasteiger partial charge in [-0.3, -0.25) is 9.69 Å². The topological polar surface area (TPSA) is 65.5 Å². The van der Waals surface area contributed by atoms with E-state index in [4.69, 9.17) is 0 Å². The first kappa shape index (κ1) is 17.4. The van der Waals surface area contributed by atoms with Crippen molar-refractivity contribution in [2.75, 3.05) is 18.9 Å². The Bertz CT molecular complexity index is 498. The molecule has 1 aromatic rings. The Balaban J connectivity index is 1.88. The Morgan fingerprint density at radius 3 is 2.73 bits per heavy atom. The van der Waals surface area contributed by atoms with E-state index in [1.165, 1.54) is 17.8 Å². The largest absolute Gasteiger partial charge is 0.393 e. The minimum atomic E-state index is -0.237. The summed E-state index contributed by atoms with van der Waals surface area (Å²) >= 11 is 1.51. The molecule has 1 aliphatic rings. The number of aryl methyl sites for hydroxylation is 2. The van der Waals surface area contributed by atoms with Gasteiger partial charge in [-0.05, 0) is 46.6 Å². The first-order chi connectivity index (χ1) is 10.4. The average molecular weight is 325 g/mol. The SMILES string of the molecule is Cc1nc(NC(=O)C(C)N(C)CC2CCCCC2O)sc1C. The van der Waals surface area contributed by atoms with E-state index in [1.807, 2.05) is 32.7 Å². The Labute approximate surface area is 136 Å². The van der Waals surface area contributed by atoms with Crippen LogP contribution in [0.15, 0.2) is 0 Å². The number of aromatic nitrogens is 1. The van der Waals surface area contributed by atoms with Gasteiger partial charge in [-0.15, -0.1) is 11.3 Å². The first-order valence-electron chi connectivity index (χ1n) is 8.01. The van der Waals surface area contributed by atoms with E-state index in [0.29, 0.717) is 5.13 Å². The number of rotatable bonds is 5. The van der Waals surface area contributed by atoms with Gasteiger partial charge >= 0.3 is 0 Å². The summed E-state index contributed by atoms with van der Waals surface area (Å²) < 4.78 is 0. The minimum Gasteiger partial charge on any atom is -0.393 e. The van der Waals surface area contributed by atoms with Crippen molar-refractivity contribution in [3.63, 3.8) is 0 Å². The van der Waals surface area contributed by atoms with Gasteiger partial charge in [0.05, 0.1) is 17.8 Å². The molecular formula is C16H27N3O2S. The molecule has 22 heavy (non-hydrogen) atoms. The molecule has 0 radical (unpaired) electrons. The van der Waals surface area contributed by atoms with Crippen LogP contribution in [0.3, 0.4) is 0 Å². The monoisotopic (exact) mass is 325 g/mol. The first-order valence-corrected chi connectivity index (χ1v) is 8.83. The highest BCUT2D eigenvalue weighted by atomic mass is 32.1. The van der Waals surface area contributed by atoms with Crippen LogP contribution in [0.25, 0.3) is 0 Å².